The second-order valence-electron chi connectivity index (χ2n) is 6.44. The number of hydrogen-bond acceptors (Lipinski definition) is 3. The molecule has 3 aromatic rings. The van der Waals surface area contributed by atoms with Crippen LogP contribution in [-0.4, -0.2) is 10.5 Å². The molecular formula is C18H20N2S. The number of aromatic nitrogens is 1. The van der Waals surface area contributed by atoms with Crippen molar-refractivity contribution in [1.82, 2.24) is 4.98 Å². The summed E-state index contributed by atoms with van der Waals surface area (Å²) in [6.07, 6.45) is 0. The summed E-state index contributed by atoms with van der Waals surface area (Å²) in [6.45, 7) is 8.61. The smallest absolute Gasteiger partial charge is 0.124 e. The van der Waals surface area contributed by atoms with Crippen LogP contribution in [0.4, 0.5) is 5.69 Å². The monoisotopic (exact) mass is 296 g/mol. The molecule has 0 aliphatic heterocycles. The fourth-order valence-electron chi connectivity index (χ4n) is 2.28. The Labute approximate surface area is 129 Å². The summed E-state index contributed by atoms with van der Waals surface area (Å²) >= 11 is 1.75. The minimum absolute atomic E-state index is 0.0783. The highest BCUT2D eigenvalue weighted by Crippen LogP contribution is 2.31. The molecule has 0 radical (unpaired) electrons. The molecule has 2 aromatic carbocycles. The van der Waals surface area contributed by atoms with Crippen LogP contribution in [0.1, 0.15) is 26.3 Å². The zero-order valence-electron chi connectivity index (χ0n) is 12.9. The minimum Gasteiger partial charge on any atom is -0.380 e. The number of fused-ring (bicyclic) bond motifs is 1. The van der Waals surface area contributed by atoms with Crippen molar-refractivity contribution in [2.75, 3.05) is 5.32 Å². The number of rotatable bonds is 2. The highest BCUT2D eigenvalue weighted by Gasteiger charge is 2.10. The Morgan fingerprint density at radius 3 is 2.38 bits per heavy atom. The van der Waals surface area contributed by atoms with Crippen LogP contribution in [0.15, 0.2) is 42.5 Å². The van der Waals surface area contributed by atoms with Crippen molar-refractivity contribution in [2.45, 2.75) is 33.2 Å². The molecule has 0 aliphatic rings. The van der Waals surface area contributed by atoms with Crippen LogP contribution in [0.5, 0.6) is 0 Å². The molecule has 1 aromatic heterocycles. The van der Waals surface area contributed by atoms with E-state index in [0.29, 0.717) is 0 Å². The van der Waals surface area contributed by atoms with Gasteiger partial charge >= 0.3 is 0 Å². The predicted molar refractivity (Wildman–Crippen MR) is 93.2 cm³/mol. The van der Waals surface area contributed by atoms with E-state index < -0.39 is 0 Å². The molecule has 21 heavy (non-hydrogen) atoms. The summed E-state index contributed by atoms with van der Waals surface area (Å²) in [5.41, 5.74) is 4.76. The summed E-state index contributed by atoms with van der Waals surface area (Å²) in [7, 11) is 0. The molecule has 0 unspecified atom stereocenters. The Hall–Kier alpha value is -1.87. The number of thiazole rings is 1. The molecule has 3 rings (SSSR count). The highest BCUT2D eigenvalue weighted by molar-refractivity contribution is 7.21. The van der Waals surface area contributed by atoms with Crippen molar-refractivity contribution >= 4 is 27.2 Å². The zero-order chi connectivity index (χ0) is 15.0. The summed E-state index contributed by atoms with van der Waals surface area (Å²) in [5.74, 6) is 0. The maximum Gasteiger partial charge on any atom is 0.124 e. The average molecular weight is 296 g/mol. The van der Waals surface area contributed by atoms with Crippen LogP contribution in [0.2, 0.25) is 0 Å². The lowest BCUT2D eigenvalue weighted by molar-refractivity contribution is 0.634. The molecule has 1 heterocycles. The Kier molecular flexibility index (Phi) is 3.46. The van der Waals surface area contributed by atoms with Gasteiger partial charge in [0, 0.05) is 16.8 Å². The van der Waals surface area contributed by atoms with Crippen molar-refractivity contribution in [1.29, 1.82) is 0 Å². The van der Waals surface area contributed by atoms with Gasteiger partial charge in [-0.2, -0.15) is 0 Å². The lowest BCUT2D eigenvalue weighted by Gasteiger charge is -2.22. The zero-order valence-corrected chi connectivity index (χ0v) is 13.7. The van der Waals surface area contributed by atoms with Gasteiger partial charge in [0.15, 0.2) is 0 Å². The highest BCUT2D eigenvalue weighted by atomic mass is 32.1. The third-order valence-corrected chi connectivity index (χ3v) is 4.26. The van der Waals surface area contributed by atoms with E-state index in [-0.39, 0.29) is 5.54 Å². The molecule has 0 amide bonds. The van der Waals surface area contributed by atoms with E-state index >= 15 is 0 Å². The van der Waals surface area contributed by atoms with Gasteiger partial charge in [0.1, 0.15) is 5.01 Å². The summed E-state index contributed by atoms with van der Waals surface area (Å²) < 4.78 is 1.25. The molecule has 1 N–H and O–H groups in total. The largest absolute Gasteiger partial charge is 0.380 e. The number of nitrogens with zero attached hydrogens (tertiary/aromatic N) is 1. The quantitative estimate of drug-likeness (QED) is 0.677. The van der Waals surface area contributed by atoms with Gasteiger partial charge < -0.3 is 5.32 Å². The van der Waals surface area contributed by atoms with Crippen molar-refractivity contribution in [2.24, 2.45) is 0 Å². The standard InChI is InChI=1S/C18H20N2S/c1-12-5-10-15-16(11-12)21-17(19-15)13-6-8-14(9-7-13)20-18(2,3)4/h5-11,20H,1-4H3. The van der Waals surface area contributed by atoms with E-state index in [4.69, 9.17) is 4.98 Å². The molecule has 2 nitrogen and oxygen atoms in total. The Balaban J connectivity index is 1.91. The number of benzene rings is 2. The first-order valence-electron chi connectivity index (χ1n) is 7.16. The molecule has 0 aliphatic carbocycles. The second kappa shape index (κ2) is 5.15. The SMILES string of the molecule is Cc1ccc2nc(-c3ccc(NC(C)(C)C)cc3)sc2c1. The predicted octanol–water partition coefficient (Wildman–Crippen LogP) is 5.48. The van der Waals surface area contributed by atoms with Crippen molar-refractivity contribution in [3.05, 3.63) is 48.0 Å². The van der Waals surface area contributed by atoms with Gasteiger partial charge in [-0.3, -0.25) is 0 Å². The van der Waals surface area contributed by atoms with Crippen molar-refractivity contribution < 1.29 is 0 Å². The number of aryl methyl sites for hydroxylation is 1. The van der Waals surface area contributed by atoms with Gasteiger partial charge in [0.2, 0.25) is 0 Å². The summed E-state index contributed by atoms with van der Waals surface area (Å²) in [6, 6.07) is 14.9. The van der Waals surface area contributed by atoms with Gasteiger partial charge in [-0.05, 0) is 69.7 Å². The van der Waals surface area contributed by atoms with Crippen molar-refractivity contribution in [3.63, 3.8) is 0 Å². The van der Waals surface area contributed by atoms with E-state index in [1.54, 1.807) is 11.3 Å². The molecule has 0 atom stereocenters. The number of anilines is 1. The third kappa shape index (κ3) is 3.24. The number of nitrogens with one attached hydrogen (secondary N) is 1. The molecule has 3 heteroatoms. The fourth-order valence-corrected chi connectivity index (χ4v) is 3.35. The summed E-state index contributed by atoms with van der Waals surface area (Å²) in [5, 5.41) is 4.56. The van der Waals surface area contributed by atoms with Gasteiger partial charge in [0.25, 0.3) is 0 Å². The molecule has 0 saturated heterocycles. The third-order valence-electron chi connectivity index (χ3n) is 3.20. The summed E-state index contributed by atoms with van der Waals surface area (Å²) in [4.78, 5) is 4.73. The minimum atomic E-state index is 0.0783. The molecule has 0 fully saturated rings. The van der Waals surface area contributed by atoms with Gasteiger partial charge in [-0.25, -0.2) is 4.98 Å². The lowest BCUT2D eigenvalue weighted by Crippen LogP contribution is -2.25. The van der Waals surface area contributed by atoms with Gasteiger partial charge in [-0.15, -0.1) is 11.3 Å². The van der Waals surface area contributed by atoms with Gasteiger partial charge in [0.05, 0.1) is 10.2 Å². The van der Waals surface area contributed by atoms with Gasteiger partial charge in [-0.1, -0.05) is 6.07 Å². The normalized spacial score (nSPS) is 11.8. The maximum atomic E-state index is 4.73. The molecule has 0 spiro atoms. The lowest BCUT2D eigenvalue weighted by atomic mass is 10.1. The van der Waals surface area contributed by atoms with Crippen molar-refractivity contribution in [3.8, 4) is 10.6 Å². The van der Waals surface area contributed by atoms with E-state index in [0.717, 1.165) is 16.2 Å². The first-order chi connectivity index (χ1) is 9.90. The molecule has 0 bridgehead atoms. The van der Waals surface area contributed by atoms with E-state index in [2.05, 4.69) is 75.5 Å². The van der Waals surface area contributed by atoms with Crippen LogP contribution in [0.25, 0.3) is 20.8 Å². The maximum absolute atomic E-state index is 4.73. The first kappa shape index (κ1) is 14.1. The Morgan fingerprint density at radius 1 is 1.00 bits per heavy atom. The first-order valence-corrected chi connectivity index (χ1v) is 7.98. The Morgan fingerprint density at radius 2 is 1.71 bits per heavy atom. The topological polar surface area (TPSA) is 24.9 Å². The van der Waals surface area contributed by atoms with Crippen LogP contribution < -0.4 is 5.32 Å². The van der Waals surface area contributed by atoms with E-state index in [1.807, 2.05) is 0 Å². The van der Waals surface area contributed by atoms with Crippen LogP contribution in [0, 0.1) is 6.92 Å². The average Bonchev–Trinajstić information content (AvgIpc) is 2.80. The van der Waals surface area contributed by atoms with E-state index in [9.17, 15) is 0 Å². The molecule has 0 saturated carbocycles. The van der Waals surface area contributed by atoms with Crippen LogP contribution in [-0.2, 0) is 0 Å². The van der Waals surface area contributed by atoms with Crippen LogP contribution in [0.3, 0.4) is 0 Å². The number of hydrogen-bond donors (Lipinski definition) is 1. The fraction of sp³-hybridized carbons (Fsp3) is 0.278. The molecule has 108 valence electrons. The molecular weight excluding hydrogens is 276 g/mol. The van der Waals surface area contributed by atoms with Crippen LogP contribution >= 0.6 is 11.3 Å². The second-order valence-corrected chi connectivity index (χ2v) is 7.47. The Bertz CT molecular complexity index is 764. The van der Waals surface area contributed by atoms with E-state index in [1.165, 1.54) is 15.8 Å².